The van der Waals surface area contributed by atoms with E-state index in [1.54, 1.807) is 11.6 Å². The highest BCUT2D eigenvalue weighted by Crippen LogP contribution is 2.27. The van der Waals surface area contributed by atoms with E-state index in [0.29, 0.717) is 25.2 Å². The smallest absolute Gasteiger partial charge is 0.339 e. The third-order valence-corrected chi connectivity index (χ3v) is 5.67. The molecule has 0 spiro atoms. The van der Waals surface area contributed by atoms with Gasteiger partial charge in [0.15, 0.2) is 0 Å². The standard InChI is InChI=1S/C22H25N5O2/c1-26-20(24-25-22(26)29)16-8-10-27(11-9-16)21(28)19-7-3-6-18(13-19)17-5-2-4-15(12-17)14-23/h2-7,12-13,16H,8-11,14,23H2,1H3,(H,25,29). The van der Waals surface area contributed by atoms with E-state index in [1.165, 1.54) is 0 Å². The van der Waals surface area contributed by atoms with Crippen LogP contribution in [0.5, 0.6) is 0 Å². The van der Waals surface area contributed by atoms with Gasteiger partial charge in [-0.05, 0) is 47.7 Å². The number of aromatic nitrogens is 3. The van der Waals surface area contributed by atoms with Crippen LogP contribution < -0.4 is 11.4 Å². The second kappa shape index (κ2) is 8.05. The van der Waals surface area contributed by atoms with Gasteiger partial charge in [0.05, 0.1) is 0 Å². The molecular formula is C22H25N5O2. The van der Waals surface area contributed by atoms with Crippen molar-refractivity contribution in [3.05, 3.63) is 76.0 Å². The molecule has 150 valence electrons. The highest BCUT2D eigenvalue weighted by atomic mass is 16.2. The molecule has 3 N–H and O–H groups in total. The number of carbonyl (C=O) groups excluding carboxylic acids is 1. The lowest BCUT2D eigenvalue weighted by Gasteiger charge is -2.31. The molecule has 0 atom stereocenters. The Bertz CT molecular complexity index is 1080. The zero-order valence-corrected chi connectivity index (χ0v) is 16.5. The number of nitrogens with two attached hydrogens (primary N) is 1. The van der Waals surface area contributed by atoms with Crippen LogP contribution in [-0.4, -0.2) is 38.7 Å². The maximum Gasteiger partial charge on any atom is 0.343 e. The molecule has 7 nitrogen and oxygen atoms in total. The first kappa shape index (κ1) is 19.1. The van der Waals surface area contributed by atoms with E-state index in [2.05, 4.69) is 16.3 Å². The minimum Gasteiger partial charge on any atom is -0.339 e. The molecule has 7 heteroatoms. The first-order valence-corrected chi connectivity index (χ1v) is 9.87. The molecule has 2 heterocycles. The van der Waals surface area contributed by atoms with Crippen molar-refractivity contribution in [2.24, 2.45) is 12.8 Å². The molecular weight excluding hydrogens is 366 g/mol. The van der Waals surface area contributed by atoms with Crippen molar-refractivity contribution in [2.75, 3.05) is 13.1 Å². The van der Waals surface area contributed by atoms with Crippen molar-refractivity contribution in [3.8, 4) is 11.1 Å². The molecule has 0 unspecified atom stereocenters. The molecule has 1 fully saturated rings. The molecule has 0 aliphatic carbocycles. The fourth-order valence-electron chi connectivity index (χ4n) is 3.96. The zero-order chi connectivity index (χ0) is 20.4. The lowest BCUT2D eigenvalue weighted by Crippen LogP contribution is -2.38. The van der Waals surface area contributed by atoms with E-state index in [1.807, 2.05) is 47.4 Å². The largest absolute Gasteiger partial charge is 0.343 e. The van der Waals surface area contributed by atoms with Gasteiger partial charge in [-0.1, -0.05) is 30.3 Å². The average molecular weight is 391 g/mol. The molecule has 3 aromatic rings. The molecule has 0 radical (unpaired) electrons. The number of rotatable bonds is 4. The van der Waals surface area contributed by atoms with Crippen LogP contribution in [0.4, 0.5) is 0 Å². The summed E-state index contributed by atoms with van der Waals surface area (Å²) < 4.78 is 1.56. The number of amides is 1. The fourth-order valence-corrected chi connectivity index (χ4v) is 3.96. The Kier molecular flexibility index (Phi) is 5.31. The van der Waals surface area contributed by atoms with Crippen molar-refractivity contribution in [3.63, 3.8) is 0 Å². The van der Waals surface area contributed by atoms with Crippen LogP contribution in [0.1, 0.15) is 40.5 Å². The Labute approximate surface area is 169 Å². The highest BCUT2D eigenvalue weighted by molar-refractivity contribution is 5.95. The van der Waals surface area contributed by atoms with Crippen LogP contribution >= 0.6 is 0 Å². The average Bonchev–Trinajstić information content (AvgIpc) is 3.12. The summed E-state index contributed by atoms with van der Waals surface area (Å²) in [6.45, 7) is 1.79. The molecule has 29 heavy (non-hydrogen) atoms. The molecule has 1 saturated heterocycles. The van der Waals surface area contributed by atoms with Crippen molar-refractivity contribution in [2.45, 2.75) is 25.3 Å². The normalized spacial score (nSPS) is 14.9. The van der Waals surface area contributed by atoms with Gasteiger partial charge in [0.1, 0.15) is 5.82 Å². The van der Waals surface area contributed by atoms with E-state index in [0.717, 1.165) is 35.4 Å². The third kappa shape index (κ3) is 3.86. The van der Waals surface area contributed by atoms with Gasteiger partial charge < -0.3 is 10.6 Å². The molecule has 0 saturated carbocycles. The third-order valence-electron chi connectivity index (χ3n) is 5.67. The van der Waals surface area contributed by atoms with Crippen molar-refractivity contribution in [1.29, 1.82) is 0 Å². The van der Waals surface area contributed by atoms with Gasteiger partial charge in [-0.25, -0.2) is 9.89 Å². The molecule has 2 aromatic carbocycles. The summed E-state index contributed by atoms with van der Waals surface area (Å²) in [7, 11) is 1.73. The summed E-state index contributed by atoms with van der Waals surface area (Å²) in [4.78, 5) is 26.5. The number of nitrogens with zero attached hydrogens (tertiary/aromatic N) is 3. The molecule has 1 aromatic heterocycles. The van der Waals surface area contributed by atoms with Crippen LogP contribution in [0.25, 0.3) is 11.1 Å². The molecule has 1 aliphatic heterocycles. The van der Waals surface area contributed by atoms with Crippen LogP contribution in [0.2, 0.25) is 0 Å². The van der Waals surface area contributed by atoms with Gasteiger partial charge >= 0.3 is 5.69 Å². The molecule has 1 aliphatic rings. The lowest BCUT2D eigenvalue weighted by atomic mass is 9.95. The van der Waals surface area contributed by atoms with Crippen molar-refractivity contribution >= 4 is 5.91 Å². The van der Waals surface area contributed by atoms with E-state index >= 15 is 0 Å². The van der Waals surface area contributed by atoms with Gasteiger partial charge in [0, 0.05) is 38.2 Å². The van der Waals surface area contributed by atoms with Gasteiger partial charge in [-0.3, -0.25) is 9.36 Å². The SMILES string of the molecule is Cn1c(C2CCN(C(=O)c3cccc(-c4cccc(CN)c4)c3)CC2)n[nH]c1=O. The number of hydrogen-bond acceptors (Lipinski definition) is 4. The Hall–Kier alpha value is -3.19. The minimum atomic E-state index is -0.200. The molecule has 0 bridgehead atoms. The summed E-state index contributed by atoms with van der Waals surface area (Å²) in [5.74, 6) is 0.994. The number of piperidine rings is 1. The summed E-state index contributed by atoms with van der Waals surface area (Å²) >= 11 is 0. The number of carbonyl (C=O) groups is 1. The second-order valence-electron chi connectivity index (χ2n) is 7.50. The zero-order valence-electron chi connectivity index (χ0n) is 16.5. The highest BCUT2D eigenvalue weighted by Gasteiger charge is 2.27. The van der Waals surface area contributed by atoms with E-state index in [9.17, 15) is 9.59 Å². The summed E-state index contributed by atoms with van der Waals surface area (Å²) in [6, 6.07) is 15.8. The van der Waals surface area contributed by atoms with Crippen LogP contribution in [-0.2, 0) is 13.6 Å². The number of likely N-dealkylation sites (tertiary alicyclic amines) is 1. The Morgan fingerprint density at radius 3 is 2.48 bits per heavy atom. The Balaban J connectivity index is 1.48. The topological polar surface area (TPSA) is 97.0 Å². The first-order valence-electron chi connectivity index (χ1n) is 9.87. The van der Waals surface area contributed by atoms with Crippen LogP contribution in [0.15, 0.2) is 53.3 Å². The number of hydrogen-bond donors (Lipinski definition) is 2. The Morgan fingerprint density at radius 1 is 1.14 bits per heavy atom. The van der Waals surface area contributed by atoms with E-state index < -0.39 is 0 Å². The second-order valence-corrected chi connectivity index (χ2v) is 7.50. The molecule has 1 amide bonds. The number of aromatic amines is 1. The lowest BCUT2D eigenvalue weighted by molar-refractivity contribution is 0.0710. The summed E-state index contributed by atoms with van der Waals surface area (Å²) in [6.07, 6.45) is 1.59. The molecule has 4 rings (SSSR count). The quantitative estimate of drug-likeness (QED) is 0.713. The predicted octanol–water partition coefficient (Wildman–Crippen LogP) is 2.25. The van der Waals surface area contributed by atoms with Crippen LogP contribution in [0, 0.1) is 0 Å². The number of H-pyrrole nitrogens is 1. The summed E-state index contributed by atoms with van der Waals surface area (Å²) in [5.41, 5.74) is 9.36. The van der Waals surface area contributed by atoms with E-state index in [4.69, 9.17) is 5.73 Å². The maximum atomic E-state index is 13.0. The Morgan fingerprint density at radius 2 is 1.83 bits per heavy atom. The van der Waals surface area contributed by atoms with Crippen LogP contribution in [0.3, 0.4) is 0 Å². The van der Waals surface area contributed by atoms with Gasteiger partial charge in [0.25, 0.3) is 5.91 Å². The fraction of sp³-hybridized carbons (Fsp3) is 0.318. The van der Waals surface area contributed by atoms with Crippen molar-refractivity contribution in [1.82, 2.24) is 19.7 Å². The maximum absolute atomic E-state index is 13.0. The monoisotopic (exact) mass is 391 g/mol. The number of nitrogens with one attached hydrogen (secondary N) is 1. The minimum absolute atomic E-state index is 0.0381. The number of benzene rings is 2. The van der Waals surface area contributed by atoms with Gasteiger partial charge in [0.2, 0.25) is 0 Å². The van der Waals surface area contributed by atoms with Gasteiger partial charge in [-0.2, -0.15) is 5.10 Å². The van der Waals surface area contributed by atoms with E-state index in [-0.39, 0.29) is 17.5 Å². The first-order chi connectivity index (χ1) is 14.1. The van der Waals surface area contributed by atoms with Crippen molar-refractivity contribution < 1.29 is 4.79 Å². The van der Waals surface area contributed by atoms with Gasteiger partial charge in [-0.15, -0.1) is 0 Å². The predicted molar refractivity (Wildman–Crippen MR) is 111 cm³/mol. The summed E-state index contributed by atoms with van der Waals surface area (Å²) in [5, 5.41) is 6.63.